The third-order valence-electron chi connectivity index (χ3n) is 3.68. The van der Waals surface area contributed by atoms with E-state index in [2.05, 4.69) is 24.4 Å². The maximum absolute atomic E-state index is 12.4. The Kier molecular flexibility index (Phi) is 4.46. The van der Waals surface area contributed by atoms with Gasteiger partial charge >= 0.3 is 0 Å². The van der Waals surface area contributed by atoms with Gasteiger partial charge in [0.25, 0.3) is 5.91 Å². The van der Waals surface area contributed by atoms with Crippen molar-refractivity contribution in [2.45, 2.75) is 12.8 Å². The van der Waals surface area contributed by atoms with Crippen LogP contribution >= 0.6 is 22.9 Å². The zero-order valence-electron chi connectivity index (χ0n) is 12.2. The van der Waals surface area contributed by atoms with Crippen molar-refractivity contribution in [2.24, 2.45) is 0 Å². The van der Waals surface area contributed by atoms with Crippen LogP contribution in [0.2, 0.25) is 5.02 Å². The minimum absolute atomic E-state index is 0.103. The van der Waals surface area contributed by atoms with Crippen LogP contribution in [0.1, 0.15) is 28.1 Å². The highest BCUT2D eigenvalue weighted by molar-refractivity contribution is 7.21. The minimum atomic E-state index is -0.103. The molecular formula is C18H16ClNOS. The van der Waals surface area contributed by atoms with Crippen LogP contribution in [-0.4, -0.2) is 12.5 Å². The van der Waals surface area contributed by atoms with Gasteiger partial charge in [-0.05, 0) is 17.5 Å². The SMILES string of the molecule is C[C@@H](CNC(=O)c1sc2ccccc2c1Cl)c1ccccc1. The van der Waals surface area contributed by atoms with Crippen LogP contribution in [0.5, 0.6) is 0 Å². The third-order valence-corrected chi connectivity index (χ3v) is 5.35. The molecule has 0 radical (unpaired) electrons. The number of carbonyl (C=O) groups is 1. The fraction of sp³-hybridized carbons (Fsp3) is 0.167. The van der Waals surface area contributed by atoms with Gasteiger partial charge in [-0.15, -0.1) is 11.3 Å². The molecule has 0 saturated carbocycles. The molecule has 0 aliphatic rings. The van der Waals surface area contributed by atoms with E-state index in [1.807, 2.05) is 42.5 Å². The smallest absolute Gasteiger partial charge is 0.262 e. The van der Waals surface area contributed by atoms with Crippen LogP contribution < -0.4 is 5.32 Å². The third kappa shape index (κ3) is 3.01. The number of carbonyl (C=O) groups excluding carboxylic acids is 1. The van der Waals surface area contributed by atoms with E-state index in [0.717, 1.165) is 10.1 Å². The van der Waals surface area contributed by atoms with Crippen LogP contribution in [0.3, 0.4) is 0 Å². The van der Waals surface area contributed by atoms with Gasteiger partial charge in [0, 0.05) is 16.6 Å². The number of nitrogens with one attached hydrogen (secondary N) is 1. The molecule has 1 heterocycles. The van der Waals surface area contributed by atoms with Crippen LogP contribution in [0.15, 0.2) is 54.6 Å². The lowest BCUT2D eigenvalue weighted by molar-refractivity contribution is 0.0956. The normalized spacial score (nSPS) is 12.3. The van der Waals surface area contributed by atoms with Gasteiger partial charge in [-0.1, -0.05) is 67.1 Å². The molecule has 0 aliphatic carbocycles. The molecule has 0 saturated heterocycles. The Morgan fingerprint density at radius 1 is 1.14 bits per heavy atom. The van der Waals surface area contributed by atoms with Crippen molar-refractivity contribution < 1.29 is 4.79 Å². The molecule has 2 aromatic carbocycles. The Morgan fingerprint density at radius 2 is 1.82 bits per heavy atom. The standard InChI is InChI=1S/C18H16ClNOS/c1-12(13-7-3-2-4-8-13)11-20-18(21)17-16(19)14-9-5-6-10-15(14)22-17/h2-10,12H,11H2,1H3,(H,20,21)/t12-/m0/s1. The summed E-state index contributed by atoms with van der Waals surface area (Å²) in [5.41, 5.74) is 1.21. The summed E-state index contributed by atoms with van der Waals surface area (Å²) in [5.74, 6) is 0.160. The zero-order chi connectivity index (χ0) is 15.5. The molecule has 1 atom stereocenters. The second-order valence-corrected chi connectivity index (χ2v) is 6.69. The number of thiophene rings is 1. The molecule has 2 nitrogen and oxygen atoms in total. The largest absolute Gasteiger partial charge is 0.351 e. The molecule has 3 aromatic rings. The van der Waals surface area contributed by atoms with Gasteiger partial charge in [-0.2, -0.15) is 0 Å². The van der Waals surface area contributed by atoms with Gasteiger partial charge in [-0.25, -0.2) is 0 Å². The highest BCUT2D eigenvalue weighted by Gasteiger charge is 2.17. The molecule has 1 aromatic heterocycles. The Bertz CT molecular complexity index is 797. The summed E-state index contributed by atoms with van der Waals surface area (Å²) in [7, 11) is 0. The molecule has 112 valence electrons. The van der Waals surface area contributed by atoms with E-state index >= 15 is 0 Å². The van der Waals surface area contributed by atoms with Crippen LogP contribution in [0.25, 0.3) is 10.1 Å². The Balaban J connectivity index is 1.72. The molecule has 0 bridgehead atoms. The van der Waals surface area contributed by atoms with Crippen molar-refractivity contribution in [3.05, 3.63) is 70.1 Å². The first-order chi connectivity index (χ1) is 10.7. The predicted octanol–water partition coefficient (Wildman–Crippen LogP) is 5.09. The molecule has 0 aliphatic heterocycles. The van der Waals surface area contributed by atoms with Gasteiger partial charge in [0.2, 0.25) is 0 Å². The lowest BCUT2D eigenvalue weighted by Gasteiger charge is -2.12. The molecule has 3 rings (SSSR count). The first-order valence-corrected chi connectivity index (χ1v) is 8.36. The number of hydrogen-bond acceptors (Lipinski definition) is 2. The Morgan fingerprint density at radius 3 is 2.55 bits per heavy atom. The quantitative estimate of drug-likeness (QED) is 0.709. The Labute approximate surface area is 138 Å². The Hall–Kier alpha value is -1.84. The molecule has 22 heavy (non-hydrogen) atoms. The first-order valence-electron chi connectivity index (χ1n) is 7.17. The number of hydrogen-bond donors (Lipinski definition) is 1. The van der Waals surface area contributed by atoms with E-state index in [1.165, 1.54) is 16.9 Å². The predicted molar refractivity (Wildman–Crippen MR) is 94.0 cm³/mol. The summed E-state index contributed by atoms with van der Waals surface area (Å²) in [5, 5.41) is 4.47. The van der Waals surface area contributed by atoms with Crippen molar-refractivity contribution in [3.8, 4) is 0 Å². The molecule has 0 spiro atoms. The lowest BCUT2D eigenvalue weighted by Crippen LogP contribution is -2.27. The summed E-state index contributed by atoms with van der Waals surface area (Å²) in [6.45, 7) is 2.69. The fourth-order valence-electron chi connectivity index (χ4n) is 2.39. The van der Waals surface area contributed by atoms with Gasteiger partial charge < -0.3 is 5.32 Å². The van der Waals surface area contributed by atoms with E-state index in [9.17, 15) is 4.79 Å². The van der Waals surface area contributed by atoms with Gasteiger partial charge in [0.1, 0.15) is 4.88 Å². The zero-order valence-corrected chi connectivity index (χ0v) is 13.7. The summed E-state index contributed by atoms with van der Waals surface area (Å²) < 4.78 is 1.04. The molecular weight excluding hydrogens is 314 g/mol. The summed E-state index contributed by atoms with van der Waals surface area (Å²) in [4.78, 5) is 13.0. The average Bonchev–Trinajstić information content (AvgIpc) is 2.90. The van der Waals surface area contributed by atoms with Crippen LogP contribution in [-0.2, 0) is 0 Å². The second kappa shape index (κ2) is 6.51. The average molecular weight is 330 g/mol. The summed E-state index contributed by atoms with van der Waals surface area (Å²) in [6, 6.07) is 18.0. The number of rotatable bonds is 4. The highest BCUT2D eigenvalue weighted by Crippen LogP contribution is 2.35. The van der Waals surface area contributed by atoms with Crippen LogP contribution in [0, 0.1) is 0 Å². The van der Waals surface area contributed by atoms with E-state index in [4.69, 9.17) is 11.6 Å². The summed E-state index contributed by atoms with van der Waals surface area (Å²) in [6.07, 6.45) is 0. The van der Waals surface area contributed by atoms with Gasteiger partial charge in [0.15, 0.2) is 0 Å². The van der Waals surface area contributed by atoms with E-state index in [-0.39, 0.29) is 11.8 Å². The minimum Gasteiger partial charge on any atom is -0.351 e. The number of benzene rings is 2. The number of halogens is 1. The molecule has 0 unspecified atom stereocenters. The molecule has 0 fully saturated rings. The maximum atomic E-state index is 12.4. The molecule has 4 heteroatoms. The van der Waals surface area contributed by atoms with Gasteiger partial charge in [0.05, 0.1) is 5.02 Å². The monoisotopic (exact) mass is 329 g/mol. The van der Waals surface area contributed by atoms with E-state index in [0.29, 0.717) is 16.4 Å². The van der Waals surface area contributed by atoms with Crippen LogP contribution in [0.4, 0.5) is 0 Å². The van der Waals surface area contributed by atoms with Crippen molar-refractivity contribution in [1.82, 2.24) is 5.32 Å². The lowest BCUT2D eigenvalue weighted by atomic mass is 10.0. The number of amides is 1. The van der Waals surface area contributed by atoms with E-state index < -0.39 is 0 Å². The second-order valence-electron chi connectivity index (χ2n) is 5.26. The van der Waals surface area contributed by atoms with E-state index in [1.54, 1.807) is 0 Å². The van der Waals surface area contributed by atoms with Crippen molar-refractivity contribution in [2.75, 3.05) is 6.54 Å². The van der Waals surface area contributed by atoms with Crippen molar-refractivity contribution in [1.29, 1.82) is 0 Å². The van der Waals surface area contributed by atoms with Gasteiger partial charge in [-0.3, -0.25) is 4.79 Å². The van der Waals surface area contributed by atoms with Crippen molar-refractivity contribution in [3.63, 3.8) is 0 Å². The first kappa shape index (κ1) is 15.1. The summed E-state index contributed by atoms with van der Waals surface area (Å²) >= 11 is 7.77. The molecule has 1 N–H and O–H groups in total. The topological polar surface area (TPSA) is 29.1 Å². The number of fused-ring (bicyclic) bond motifs is 1. The maximum Gasteiger partial charge on any atom is 0.262 e. The highest BCUT2D eigenvalue weighted by atomic mass is 35.5. The fourth-order valence-corrected chi connectivity index (χ4v) is 3.82. The molecule has 1 amide bonds. The van der Waals surface area contributed by atoms with Crippen molar-refractivity contribution >= 4 is 38.9 Å².